The van der Waals surface area contributed by atoms with Gasteiger partial charge in [0.2, 0.25) is 5.95 Å². The fraction of sp³-hybridized carbons (Fsp3) is 0.0667. The first-order chi connectivity index (χ1) is 10.3. The first kappa shape index (κ1) is 14.0. The maximum Gasteiger partial charge on any atom is 0.246 e. The van der Waals surface area contributed by atoms with Gasteiger partial charge in [0.1, 0.15) is 5.82 Å². The molecule has 0 aliphatic heterocycles. The van der Waals surface area contributed by atoms with Crippen molar-refractivity contribution in [3.8, 4) is 0 Å². The van der Waals surface area contributed by atoms with Crippen molar-refractivity contribution in [1.29, 1.82) is 0 Å². The summed E-state index contributed by atoms with van der Waals surface area (Å²) in [6, 6.07) is 17.6. The number of H-pyrrole nitrogens is 1. The monoisotopic (exact) mass is 316 g/mol. The van der Waals surface area contributed by atoms with Gasteiger partial charge in [0.05, 0.1) is 5.75 Å². The molecule has 0 aliphatic rings. The lowest BCUT2D eigenvalue weighted by atomic mass is 10.3. The Bertz CT molecular complexity index is 697. The van der Waals surface area contributed by atoms with E-state index in [1.807, 2.05) is 54.6 Å². The Morgan fingerprint density at radius 3 is 2.57 bits per heavy atom. The second-order valence-electron chi connectivity index (χ2n) is 4.34. The van der Waals surface area contributed by atoms with Gasteiger partial charge in [-0.1, -0.05) is 29.8 Å². The minimum atomic E-state index is 0.577. The summed E-state index contributed by atoms with van der Waals surface area (Å²) in [6.45, 7) is 0. The van der Waals surface area contributed by atoms with Gasteiger partial charge in [0.25, 0.3) is 0 Å². The summed E-state index contributed by atoms with van der Waals surface area (Å²) < 4.78 is 0. The molecule has 6 heteroatoms. The average molecular weight is 317 g/mol. The number of hydrogen-bond acceptors (Lipinski definition) is 4. The highest BCUT2D eigenvalue weighted by Gasteiger charge is 2.04. The van der Waals surface area contributed by atoms with E-state index >= 15 is 0 Å². The van der Waals surface area contributed by atoms with Crippen LogP contribution in [0.3, 0.4) is 0 Å². The molecule has 3 aromatic rings. The van der Waals surface area contributed by atoms with Gasteiger partial charge in [0.15, 0.2) is 0 Å². The number of anilines is 2. The molecule has 0 bridgehead atoms. The summed E-state index contributed by atoms with van der Waals surface area (Å²) in [4.78, 5) is 5.56. The highest BCUT2D eigenvalue weighted by atomic mass is 35.5. The molecule has 2 aromatic carbocycles. The van der Waals surface area contributed by atoms with E-state index in [0.29, 0.717) is 5.95 Å². The minimum Gasteiger partial charge on any atom is -0.323 e. The van der Waals surface area contributed by atoms with Crippen LogP contribution < -0.4 is 5.32 Å². The standard InChI is InChI=1S/C15H13ClN4S/c16-11-6-8-13(9-7-11)21-10-14-18-15(20-19-14)17-12-4-2-1-3-5-12/h1-9H,10H2,(H2,17,18,19,20). The Balaban J connectivity index is 1.59. The van der Waals surface area contributed by atoms with Crippen molar-refractivity contribution in [2.75, 3.05) is 5.32 Å². The first-order valence-electron chi connectivity index (χ1n) is 6.41. The van der Waals surface area contributed by atoms with E-state index in [2.05, 4.69) is 20.5 Å². The second kappa shape index (κ2) is 6.65. The molecule has 0 spiro atoms. The predicted molar refractivity (Wildman–Crippen MR) is 87.1 cm³/mol. The van der Waals surface area contributed by atoms with Crippen molar-refractivity contribution in [2.45, 2.75) is 10.6 Å². The molecular weight excluding hydrogens is 304 g/mol. The molecule has 3 rings (SSSR count). The van der Waals surface area contributed by atoms with E-state index in [4.69, 9.17) is 11.6 Å². The Hall–Kier alpha value is -1.98. The Morgan fingerprint density at radius 1 is 1.05 bits per heavy atom. The van der Waals surface area contributed by atoms with Crippen molar-refractivity contribution >= 4 is 35.0 Å². The number of benzene rings is 2. The van der Waals surface area contributed by atoms with Gasteiger partial charge >= 0.3 is 0 Å². The molecular formula is C15H13ClN4S. The number of nitrogens with one attached hydrogen (secondary N) is 2. The van der Waals surface area contributed by atoms with E-state index in [1.54, 1.807) is 11.8 Å². The fourth-order valence-electron chi connectivity index (χ4n) is 1.75. The average Bonchev–Trinajstić information content (AvgIpc) is 2.95. The van der Waals surface area contributed by atoms with Crippen LogP contribution in [-0.4, -0.2) is 15.2 Å². The molecule has 106 valence electrons. The lowest BCUT2D eigenvalue weighted by molar-refractivity contribution is 1.03. The molecule has 0 amide bonds. The SMILES string of the molecule is Clc1ccc(SCc2nc(Nc3ccccc3)n[nH]2)cc1. The Labute approximate surface area is 132 Å². The number of thioether (sulfide) groups is 1. The second-order valence-corrected chi connectivity index (χ2v) is 5.82. The number of rotatable bonds is 5. The molecule has 1 heterocycles. The molecule has 21 heavy (non-hydrogen) atoms. The van der Waals surface area contributed by atoms with E-state index in [1.165, 1.54) is 0 Å². The van der Waals surface area contributed by atoms with Crippen molar-refractivity contribution in [3.63, 3.8) is 0 Å². The lowest BCUT2D eigenvalue weighted by Crippen LogP contribution is -1.91. The molecule has 0 saturated carbocycles. The molecule has 0 radical (unpaired) electrons. The van der Waals surface area contributed by atoms with Crippen molar-refractivity contribution in [3.05, 3.63) is 65.4 Å². The third-order valence-corrected chi connectivity index (χ3v) is 4.03. The summed E-state index contributed by atoms with van der Waals surface area (Å²) in [7, 11) is 0. The first-order valence-corrected chi connectivity index (χ1v) is 7.78. The zero-order valence-corrected chi connectivity index (χ0v) is 12.7. The van der Waals surface area contributed by atoms with Crippen LogP contribution >= 0.6 is 23.4 Å². The summed E-state index contributed by atoms with van der Waals surface area (Å²) in [5.41, 5.74) is 0.966. The molecule has 0 atom stereocenters. The normalized spacial score (nSPS) is 10.5. The van der Waals surface area contributed by atoms with Gasteiger partial charge in [-0.25, -0.2) is 0 Å². The zero-order chi connectivity index (χ0) is 14.5. The zero-order valence-electron chi connectivity index (χ0n) is 11.1. The van der Waals surface area contributed by atoms with Crippen LogP contribution in [0.5, 0.6) is 0 Å². The maximum atomic E-state index is 5.86. The topological polar surface area (TPSA) is 53.6 Å². The molecule has 0 saturated heterocycles. The molecule has 1 aromatic heterocycles. The van der Waals surface area contributed by atoms with E-state index in [-0.39, 0.29) is 0 Å². The Kier molecular flexibility index (Phi) is 4.43. The molecule has 4 nitrogen and oxygen atoms in total. The molecule has 0 fully saturated rings. The van der Waals surface area contributed by atoms with Gasteiger partial charge in [-0.3, -0.25) is 5.10 Å². The summed E-state index contributed by atoms with van der Waals surface area (Å²) in [5, 5.41) is 11.0. The van der Waals surface area contributed by atoms with Crippen LogP contribution in [0.4, 0.5) is 11.6 Å². The van der Waals surface area contributed by atoms with Crippen LogP contribution in [-0.2, 0) is 5.75 Å². The number of aromatic amines is 1. The molecule has 0 aliphatic carbocycles. The van der Waals surface area contributed by atoms with E-state index in [0.717, 1.165) is 27.2 Å². The largest absolute Gasteiger partial charge is 0.323 e. The van der Waals surface area contributed by atoms with Gasteiger partial charge in [-0.05, 0) is 36.4 Å². The van der Waals surface area contributed by atoms with Crippen molar-refractivity contribution in [2.24, 2.45) is 0 Å². The highest BCUT2D eigenvalue weighted by Crippen LogP contribution is 2.23. The third-order valence-electron chi connectivity index (χ3n) is 2.75. The van der Waals surface area contributed by atoms with Crippen LogP contribution in [0.2, 0.25) is 5.02 Å². The molecule has 2 N–H and O–H groups in total. The van der Waals surface area contributed by atoms with Crippen LogP contribution in [0.15, 0.2) is 59.5 Å². The minimum absolute atomic E-state index is 0.577. The highest BCUT2D eigenvalue weighted by molar-refractivity contribution is 7.98. The fourth-order valence-corrected chi connectivity index (χ4v) is 2.64. The van der Waals surface area contributed by atoms with Gasteiger partial charge in [-0.2, -0.15) is 4.98 Å². The molecule has 0 unspecified atom stereocenters. The lowest BCUT2D eigenvalue weighted by Gasteiger charge is -2.00. The summed E-state index contributed by atoms with van der Waals surface area (Å²) >= 11 is 7.54. The summed E-state index contributed by atoms with van der Waals surface area (Å²) in [5.74, 6) is 2.13. The van der Waals surface area contributed by atoms with Crippen molar-refractivity contribution in [1.82, 2.24) is 15.2 Å². The third kappa shape index (κ3) is 4.00. The van der Waals surface area contributed by atoms with Crippen LogP contribution in [0, 0.1) is 0 Å². The van der Waals surface area contributed by atoms with Crippen molar-refractivity contribution < 1.29 is 0 Å². The van der Waals surface area contributed by atoms with E-state index < -0.39 is 0 Å². The van der Waals surface area contributed by atoms with E-state index in [9.17, 15) is 0 Å². The Morgan fingerprint density at radius 2 is 1.81 bits per heavy atom. The maximum absolute atomic E-state index is 5.86. The van der Waals surface area contributed by atoms with Gasteiger partial charge < -0.3 is 5.32 Å². The number of halogens is 1. The number of nitrogens with zero attached hydrogens (tertiary/aromatic N) is 2. The quantitative estimate of drug-likeness (QED) is 0.681. The predicted octanol–water partition coefficient (Wildman–Crippen LogP) is 4.49. The van der Waals surface area contributed by atoms with Crippen LogP contribution in [0.25, 0.3) is 0 Å². The smallest absolute Gasteiger partial charge is 0.246 e. The number of aromatic nitrogens is 3. The van der Waals surface area contributed by atoms with Crippen LogP contribution in [0.1, 0.15) is 5.82 Å². The van der Waals surface area contributed by atoms with Gasteiger partial charge in [0, 0.05) is 15.6 Å². The van der Waals surface area contributed by atoms with Gasteiger partial charge in [-0.15, -0.1) is 16.9 Å². The number of para-hydroxylation sites is 1. The number of hydrogen-bond donors (Lipinski definition) is 2. The summed E-state index contributed by atoms with van der Waals surface area (Å²) in [6.07, 6.45) is 0.